The SMILES string of the molecule is CCCNc1ccc(C(=O)O)cc1S(=O)(=O)NCCCOC(C)C. The highest BCUT2D eigenvalue weighted by Crippen LogP contribution is 2.23. The lowest BCUT2D eigenvalue weighted by Gasteiger charge is -2.14. The third kappa shape index (κ3) is 6.46. The number of aromatic carboxylic acids is 1. The summed E-state index contributed by atoms with van der Waals surface area (Å²) in [5.41, 5.74) is 0.327. The zero-order valence-electron chi connectivity index (χ0n) is 14.3. The van der Waals surface area contributed by atoms with E-state index in [9.17, 15) is 13.2 Å². The fourth-order valence-corrected chi connectivity index (χ4v) is 3.24. The Hall–Kier alpha value is -1.64. The molecule has 7 nitrogen and oxygen atoms in total. The van der Waals surface area contributed by atoms with Crippen LogP contribution < -0.4 is 10.0 Å². The summed E-state index contributed by atoms with van der Waals surface area (Å²) in [6.45, 7) is 7.05. The van der Waals surface area contributed by atoms with Gasteiger partial charge in [-0.3, -0.25) is 0 Å². The van der Waals surface area contributed by atoms with E-state index in [-0.39, 0.29) is 23.1 Å². The molecule has 136 valence electrons. The van der Waals surface area contributed by atoms with Gasteiger partial charge in [0.2, 0.25) is 10.0 Å². The van der Waals surface area contributed by atoms with Crippen LogP contribution in [0.2, 0.25) is 0 Å². The number of hydrogen-bond acceptors (Lipinski definition) is 5. The van der Waals surface area contributed by atoms with Crippen LogP contribution in [0, 0.1) is 0 Å². The summed E-state index contributed by atoms with van der Waals surface area (Å²) in [4.78, 5) is 11.1. The van der Waals surface area contributed by atoms with Gasteiger partial charge in [0.05, 0.1) is 17.4 Å². The predicted molar refractivity (Wildman–Crippen MR) is 93.1 cm³/mol. The quantitative estimate of drug-likeness (QED) is 0.524. The second kappa shape index (κ2) is 9.61. The van der Waals surface area contributed by atoms with Crippen LogP contribution in [0.3, 0.4) is 0 Å². The third-order valence-corrected chi connectivity index (χ3v) is 4.65. The van der Waals surface area contributed by atoms with Crippen molar-refractivity contribution in [1.82, 2.24) is 4.72 Å². The molecule has 1 aromatic carbocycles. The van der Waals surface area contributed by atoms with Crippen LogP contribution in [0.5, 0.6) is 0 Å². The number of carbonyl (C=O) groups is 1. The number of anilines is 1. The number of benzene rings is 1. The second-order valence-electron chi connectivity index (χ2n) is 5.61. The number of rotatable bonds is 11. The van der Waals surface area contributed by atoms with Crippen molar-refractivity contribution in [2.45, 2.75) is 44.6 Å². The lowest BCUT2D eigenvalue weighted by molar-refractivity contribution is 0.0696. The van der Waals surface area contributed by atoms with E-state index in [0.29, 0.717) is 25.3 Å². The molecule has 0 saturated carbocycles. The van der Waals surface area contributed by atoms with Crippen molar-refractivity contribution in [2.75, 3.05) is 25.0 Å². The Bertz CT molecular complexity index is 644. The molecule has 0 aliphatic heterocycles. The van der Waals surface area contributed by atoms with E-state index in [0.717, 1.165) is 6.42 Å². The summed E-state index contributed by atoms with van der Waals surface area (Å²) in [6.07, 6.45) is 1.45. The van der Waals surface area contributed by atoms with Gasteiger partial charge in [-0.1, -0.05) is 6.92 Å². The first-order valence-electron chi connectivity index (χ1n) is 8.00. The largest absolute Gasteiger partial charge is 0.478 e. The molecule has 0 aliphatic carbocycles. The van der Waals surface area contributed by atoms with Crippen LogP contribution in [0.1, 0.15) is 44.0 Å². The van der Waals surface area contributed by atoms with Crippen molar-refractivity contribution in [3.8, 4) is 0 Å². The lowest BCUT2D eigenvalue weighted by atomic mass is 10.2. The Balaban J connectivity index is 2.89. The highest BCUT2D eigenvalue weighted by molar-refractivity contribution is 7.89. The Kier molecular flexibility index (Phi) is 8.17. The van der Waals surface area contributed by atoms with Gasteiger partial charge in [0.1, 0.15) is 4.90 Å². The third-order valence-electron chi connectivity index (χ3n) is 3.15. The molecule has 0 atom stereocenters. The first kappa shape index (κ1) is 20.4. The minimum atomic E-state index is -3.81. The maximum Gasteiger partial charge on any atom is 0.335 e. The van der Waals surface area contributed by atoms with E-state index in [1.807, 2.05) is 20.8 Å². The second-order valence-corrected chi connectivity index (χ2v) is 7.35. The summed E-state index contributed by atoms with van der Waals surface area (Å²) in [5.74, 6) is -1.17. The average molecular weight is 358 g/mol. The number of sulfonamides is 1. The fourth-order valence-electron chi connectivity index (χ4n) is 1.96. The molecule has 1 rings (SSSR count). The van der Waals surface area contributed by atoms with Crippen LogP contribution >= 0.6 is 0 Å². The Morgan fingerprint density at radius 1 is 1.29 bits per heavy atom. The number of carboxylic acid groups (broad SMARTS) is 1. The van der Waals surface area contributed by atoms with Gasteiger partial charge in [0.15, 0.2) is 0 Å². The van der Waals surface area contributed by atoms with Crippen LogP contribution in [0.4, 0.5) is 5.69 Å². The van der Waals surface area contributed by atoms with Gasteiger partial charge in [0, 0.05) is 19.7 Å². The molecule has 0 bridgehead atoms. The molecule has 0 aromatic heterocycles. The molecule has 0 radical (unpaired) electrons. The van der Waals surface area contributed by atoms with Gasteiger partial charge in [-0.25, -0.2) is 17.9 Å². The van der Waals surface area contributed by atoms with Crippen molar-refractivity contribution in [1.29, 1.82) is 0 Å². The summed E-state index contributed by atoms with van der Waals surface area (Å²) in [5, 5.41) is 12.1. The van der Waals surface area contributed by atoms with E-state index >= 15 is 0 Å². The van der Waals surface area contributed by atoms with Crippen molar-refractivity contribution < 1.29 is 23.1 Å². The minimum Gasteiger partial charge on any atom is -0.478 e. The maximum atomic E-state index is 12.5. The van der Waals surface area contributed by atoms with Crippen molar-refractivity contribution in [3.05, 3.63) is 23.8 Å². The molecule has 0 unspecified atom stereocenters. The molecule has 1 aromatic rings. The van der Waals surface area contributed by atoms with Gasteiger partial charge in [0.25, 0.3) is 0 Å². The number of ether oxygens (including phenoxy) is 1. The number of nitrogens with one attached hydrogen (secondary N) is 2. The van der Waals surface area contributed by atoms with E-state index in [2.05, 4.69) is 10.0 Å². The monoisotopic (exact) mass is 358 g/mol. The van der Waals surface area contributed by atoms with Gasteiger partial charge >= 0.3 is 5.97 Å². The maximum absolute atomic E-state index is 12.5. The molecule has 0 saturated heterocycles. The van der Waals surface area contributed by atoms with E-state index < -0.39 is 16.0 Å². The standard InChI is InChI=1S/C16H26N2O5S/c1-4-8-17-14-7-6-13(16(19)20)11-15(14)24(21,22)18-9-5-10-23-12(2)3/h6-7,11-12,17-18H,4-5,8-10H2,1-3H3,(H,19,20). The van der Waals surface area contributed by atoms with E-state index in [4.69, 9.17) is 9.84 Å². The molecular formula is C16H26N2O5S. The highest BCUT2D eigenvalue weighted by Gasteiger charge is 2.20. The molecule has 8 heteroatoms. The Labute approximate surface area is 143 Å². The topological polar surface area (TPSA) is 105 Å². The normalized spacial score (nSPS) is 11.7. The van der Waals surface area contributed by atoms with Crippen molar-refractivity contribution in [2.24, 2.45) is 0 Å². The van der Waals surface area contributed by atoms with Crippen LogP contribution in [0.15, 0.2) is 23.1 Å². The fraction of sp³-hybridized carbons (Fsp3) is 0.562. The van der Waals surface area contributed by atoms with Crippen LogP contribution in [-0.4, -0.2) is 45.3 Å². The van der Waals surface area contributed by atoms with Crippen LogP contribution in [-0.2, 0) is 14.8 Å². The molecule has 0 fully saturated rings. The average Bonchev–Trinajstić information content (AvgIpc) is 2.51. The van der Waals surface area contributed by atoms with Gasteiger partial charge < -0.3 is 15.2 Å². The molecule has 0 spiro atoms. The zero-order chi connectivity index (χ0) is 18.2. The first-order chi connectivity index (χ1) is 11.3. The summed E-state index contributed by atoms with van der Waals surface area (Å²) >= 11 is 0. The minimum absolute atomic E-state index is 0.0550. The van der Waals surface area contributed by atoms with Gasteiger partial charge in [-0.05, 0) is 44.9 Å². The first-order valence-corrected chi connectivity index (χ1v) is 9.48. The Morgan fingerprint density at radius 3 is 2.58 bits per heavy atom. The molecule has 0 aliphatic rings. The van der Waals surface area contributed by atoms with Crippen LogP contribution in [0.25, 0.3) is 0 Å². The molecule has 0 heterocycles. The number of hydrogen-bond donors (Lipinski definition) is 3. The molecule has 3 N–H and O–H groups in total. The van der Waals surface area contributed by atoms with Gasteiger partial charge in [-0.15, -0.1) is 0 Å². The summed E-state index contributed by atoms with van der Waals surface area (Å²) in [7, 11) is -3.81. The molecule has 24 heavy (non-hydrogen) atoms. The molecule has 0 amide bonds. The number of carboxylic acids is 1. The van der Waals surface area contributed by atoms with E-state index in [1.54, 1.807) is 0 Å². The molecular weight excluding hydrogens is 332 g/mol. The lowest BCUT2D eigenvalue weighted by Crippen LogP contribution is -2.27. The highest BCUT2D eigenvalue weighted by atomic mass is 32.2. The predicted octanol–water partition coefficient (Wildman–Crippen LogP) is 2.30. The van der Waals surface area contributed by atoms with Gasteiger partial charge in [-0.2, -0.15) is 0 Å². The zero-order valence-corrected chi connectivity index (χ0v) is 15.1. The summed E-state index contributed by atoms with van der Waals surface area (Å²) < 4.78 is 32.9. The summed E-state index contributed by atoms with van der Waals surface area (Å²) in [6, 6.07) is 4.04. The van der Waals surface area contributed by atoms with Crippen molar-refractivity contribution in [3.63, 3.8) is 0 Å². The smallest absolute Gasteiger partial charge is 0.335 e. The van der Waals surface area contributed by atoms with E-state index in [1.165, 1.54) is 18.2 Å². The Morgan fingerprint density at radius 2 is 2.00 bits per heavy atom. The van der Waals surface area contributed by atoms with Crippen molar-refractivity contribution >= 4 is 21.7 Å².